The number of hydroxylamine groups is 1. The van der Waals surface area contributed by atoms with Crippen LogP contribution in [-0.2, 0) is 9.63 Å². The highest BCUT2D eigenvalue weighted by Gasteiger charge is 2.21. The Hall–Kier alpha value is -2.12. The minimum atomic E-state index is -0.664. The van der Waals surface area contributed by atoms with E-state index in [1.807, 2.05) is 36.6 Å². The normalized spacial score (nSPS) is 11.9. The molecule has 1 atom stereocenters. The smallest absolute Gasteiger partial charge is 0.270 e. The molecule has 23 heavy (non-hydrogen) atoms. The minimum Gasteiger partial charge on any atom is -0.339 e. The fraction of sp³-hybridized carbons (Fsp3) is 0.312. The van der Waals surface area contributed by atoms with Gasteiger partial charge in [0.15, 0.2) is 0 Å². The second-order valence-electron chi connectivity index (χ2n) is 4.87. The molecular formula is C16H19N3O3S. The van der Waals surface area contributed by atoms with E-state index < -0.39 is 6.04 Å². The number of fused-ring (bicyclic) bond motifs is 1. The topological polar surface area (TPSA) is 80.3 Å². The Labute approximate surface area is 139 Å². The van der Waals surface area contributed by atoms with Crippen molar-refractivity contribution < 1.29 is 14.4 Å². The van der Waals surface area contributed by atoms with Gasteiger partial charge in [0, 0.05) is 5.39 Å². The van der Waals surface area contributed by atoms with Crippen LogP contribution < -0.4 is 10.8 Å². The molecule has 6 nitrogen and oxygen atoms in total. The average molecular weight is 333 g/mol. The van der Waals surface area contributed by atoms with Crippen LogP contribution >= 0.6 is 11.8 Å². The Bertz CT molecular complexity index is 693. The van der Waals surface area contributed by atoms with Gasteiger partial charge < -0.3 is 5.32 Å². The molecule has 1 heterocycles. The molecule has 0 saturated carbocycles. The number of benzene rings is 1. The van der Waals surface area contributed by atoms with Crippen molar-refractivity contribution >= 4 is 34.5 Å². The van der Waals surface area contributed by atoms with E-state index in [0.29, 0.717) is 6.42 Å². The lowest BCUT2D eigenvalue weighted by Crippen LogP contribution is -2.47. The Morgan fingerprint density at radius 3 is 2.78 bits per heavy atom. The monoisotopic (exact) mass is 333 g/mol. The zero-order chi connectivity index (χ0) is 16.7. The summed E-state index contributed by atoms with van der Waals surface area (Å²) in [5, 5.41) is 3.67. The summed E-state index contributed by atoms with van der Waals surface area (Å²) in [6.45, 7) is 0. The molecule has 2 aromatic rings. The van der Waals surface area contributed by atoms with E-state index in [4.69, 9.17) is 0 Å². The Morgan fingerprint density at radius 2 is 2.04 bits per heavy atom. The third-order valence-corrected chi connectivity index (χ3v) is 3.91. The van der Waals surface area contributed by atoms with Gasteiger partial charge in [-0.05, 0) is 30.6 Å². The predicted octanol–water partition coefficient (Wildman–Crippen LogP) is 1.76. The van der Waals surface area contributed by atoms with Crippen molar-refractivity contribution in [1.82, 2.24) is 15.8 Å². The third kappa shape index (κ3) is 4.67. The summed E-state index contributed by atoms with van der Waals surface area (Å²) >= 11 is 1.60. The first-order valence-corrected chi connectivity index (χ1v) is 8.53. The van der Waals surface area contributed by atoms with Crippen molar-refractivity contribution in [3.8, 4) is 0 Å². The van der Waals surface area contributed by atoms with Gasteiger partial charge in [-0.15, -0.1) is 0 Å². The fourth-order valence-electron chi connectivity index (χ4n) is 2.10. The van der Waals surface area contributed by atoms with Crippen molar-refractivity contribution in [2.24, 2.45) is 0 Å². The van der Waals surface area contributed by atoms with Gasteiger partial charge in [0.2, 0.25) is 0 Å². The second kappa shape index (κ2) is 8.50. The van der Waals surface area contributed by atoms with Crippen LogP contribution in [0.2, 0.25) is 0 Å². The minimum absolute atomic E-state index is 0.281. The molecule has 1 aromatic heterocycles. The summed E-state index contributed by atoms with van der Waals surface area (Å²) in [6, 6.07) is 10.4. The molecule has 2 N–H and O–H groups in total. The Balaban J connectivity index is 2.13. The lowest BCUT2D eigenvalue weighted by Gasteiger charge is -2.17. The number of nitrogens with one attached hydrogen (secondary N) is 2. The highest BCUT2D eigenvalue weighted by Crippen LogP contribution is 2.12. The van der Waals surface area contributed by atoms with Crippen LogP contribution in [0, 0.1) is 0 Å². The van der Waals surface area contributed by atoms with Crippen molar-refractivity contribution in [2.45, 2.75) is 12.5 Å². The van der Waals surface area contributed by atoms with Crippen molar-refractivity contribution in [2.75, 3.05) is 19.1 Å². The van der Waals surface area contributed by atoms with Gasteiger partial charge in [-0.1, -0.05) is 24.3 Å². The molecule has 0 aliphatic carbocycles. The molecule has 0 aliphatic heterocycles. The lowest BCUT2D eigenvalue weighted by molar-refractivity contribution is -0.133. The van der Waals surface area contributed by atoms with Crippen molar-refractivity contribution in [3.63, 3.8) is 0 Å². The summed E-state index contributed by atoms with van der Waals surface area (Å²) in [6.07, 6.45) is 2.45. The fourth-order valence-corrected chi connectivity index (χ4v) is 2.57. The quantitative estimate of drug-likeness (QED) is 0.755. The number of carbonyl (C=O) groups excluding carboxylic acids is 2. The molecule has 1 aromatic carbocycles. The molecule has 0 bridgehead atoms. The first-order valence-electron chi connectivity index (χ1n) is 7.14. The zero-order valence-corrected chi connectivity index (χ0v) is 13.9. The molecule has 2 rings (SSSR count). The van der Waals surface area contributed by atoms with Crippen LogP contribution in [0.4, 0.5) is 0 Å². The molecule has 2 amide bonds. The van der Waals surface area contributed by atoms with Crippen LogP contribution in [0.1, 0.15) is 16.9 Å². The van der Waals surface area contributed by atoms with Crippen molar-refractivity contribution in [3.05, 3.63) is 42.1 Å². The van der Waals surface area contributed by atoms with Gasteiger partial charge in [0.05, 0.1) is 12.6 Å². The highest BCUT2D eigenvalue weighted by molar-refractivity contribution is 7.98. The predicted molar refractivity (Wildman–Crippen MR) is 91.1 cm³/mol. The molecule has 7 heteroatoms. The second-order valence-corrected chi connectivity index (χ2v) is 5.85. The first-order chi connectivity index (χ1) is 11.2. The maximum absolute atomic E-state index is 12.4. The van der Waals surface area contributed by atoms with Crippen LogP contribution in [0.5, 0.6) is 0 Å². The van der Waals surface area contributed by atoms with E-state index in [9.17, 15) is 9.59 Å². The van der Waals surface area contributed by atoms with E-state index in [-0.39, 0.29) is 17.5 Å². The summed E-state index contributed by atoms with van der Waals surface area (Å²) in [5.41, 5.74) is 3.28. The lowest BCUT2D eigenvalue weighted by atomic mass is 10.1. The van der Waals surface area contributed by atoms with Crippen molar-refractivity contribution in [1.29, 1.82) is 0 Å². The number of amides is 2. The molecule has 0 aliphatic rings. The molecule has 1 unspecified atom stereocenters. The van der Waals surface area contributed by atoms with Gasteiger partial charge in [-0.3, -0.25) is 14.4 Å². The Morgan fingerprint density at radius 1 is 1.26 bits per heavy atom. The van der Waals surface area contributed by atoms with E-state index >= 15 is 0 Å². The summed E-state index contributed by atoms with van der Waals surface area (Å²) in [4.78, 5) is 33.3. The standard InChI is InChI=1S/C16H19N3O3S/c1-22-19-16(21)14(9-10-23-2)18-15(20)13-8-7-11-5-3-4-6-12(11)17-13/h3-8,14H,9-10H2,1-2H3,(H,18,20)(H,19,21). The van der Waals surface area contributed by atoms with Crippen LogP contribution in [0.25, 0.3) is 10.9 Å². The maximum atomic E-state index is 12.4. The summed E-state index contributed by atoms with van der Waals surface area (Å²) in [7, 11) is 1.36. The number of hydrogen-bond donors (Lipinski definition) is 2. The number of rotatable bonds is 7. The van der Waals surface area contributed by atoms with E-state index in [2.05, 4.69) is 20.6 Å². The van der Waals surface area contributed by atoms with E-state index in [1.165, 1.54) is 7.11 Å². The number of nitrogens with zero attached hydrogens (tertiary/aromatic N) is 1. The molecule has 122 valence electrons. The molecule has 0 saturated heterocycles. The number of carbonyl (C=O) groups is 2. The van der Waals surface area contributed by atoms with Gasteiger partial charge >= 0.3 is 0 Å². The van der Waals surface area contributed by atoms with Gasteiger partial charge in [0.1, 0.15) is 11.7 Å². The molecule has 0 fully saturated rings. The van der Waals surface area contributed by atoms with Crippen LogP contribution in [0.3, 0.4) is 0 Å². The summed E-state index contributed by atoms with van der Waals surface area (Å²) in [5.74, 6) is -0.0171. The Kier molecular flexibility index (Phi) is 6.37. The highest BCUT2D eigenvalue weighted by atomic mass is 32.2. The number of para-hydroxylation sites is 1. The van der Waals surface area contributed by atoms with Gasteiger partial charge in [-0.25, -0.2) is 10.5 Å². The van der Waals surface area contributed by atoms with Crippen LogP contribution in [-0.4, -0.2) is 42.0 Å². The van der Waals surface area contributed by atoms with Crippen LogP contribution in [0.15, 0.2) is 36.4 Å². The SMILES string of the molecule is CONC(=O)C(CCSC)NC(=O)c1ccc2ccccc2n1. The average Bonchev–Trinajstić information content (AvgIpc) is 2.58. The number of hydrogen-bond acceptors (Lipinski definition) is 5. The van der Waals surface area contributed by atoms with E-state index in [1.54, 1.807) is 17.8 Å². The summed E-state index contributed by atoms with van der Waals surface area (Å²) < 4.78 is 0. The number of thioether (sulfide) groups is 1. The molecular weight excluding hydrogens is 314 g/mol. The van der Waals surface area contributed by atoms with Gasteiger partial charge in [-0.2, -0.15) is 11.8 Å². The van der Waals surface area contributed by atoms with Gasteiger partial charge in [0.25, 0.3) is 11.8 Å². The molecule has 0 radical (unpaired) electrons. The third-order valence-electron chi connectivity index (χ3n) is 3.27. The maximum Gasteiger partial charge on any atom is 0.270 e. The number of aromatic nitrogens is 1. The molecule has 0 spiro atoms. The first kappa shape index (κ1) is 17.2. The van der Waals surface area contributed by atoms with E-state index in [0.717, 1.165) is 16.7 Å². The zero-order valence-electron chi connectivity index (χ0n) is 13.0. The number of pyridine rings is 1. The largest absolute Gasteiger partial charge is 0.339 e.